The van der Waals surface area contributed by atoms with Crippen molar-refractivity contribution in [1.29, 1.82) is 0 Å². The van der Waals surface area contributed by atoms with Gasteiger partial charge in [0.2, 0.25) is 0 Å². The second kappa shape index (κ2) is 5.27. The van der Waals surface area contributed by atoms with Gasteiger partial charge in [0, 0.05) is 11.4 Å². The van der Waals surface area contributed by atoms with Crippen LogP contribution >= 0.6 is 0 Å². The molecule has 0 aliphatic carbocycles. The lowest BCUT2D eigenvalue weighted by Crippen LogP contribution is -2.12. The Morgan fingerprint density at radius 3 is 2.78 bits per heavy atom. The lowest BCUT2D eigenvalue weighted by molar-refractivity contribution is 0.102. The molecule has 2 aromatic rings. The van der Waals surface area contributed by atoms with Gasteiger partial charge >= 0.3 is 0 Å². The number of anilines is 2. The number of aromatic nitrogens is 2. The zero-order valence-corrected chi connectivity index (χ0v) is 10.1. The van der Waals surface area contributed by atoms with Gasteiger partial charge in [0.25, 0.3) is 5.91 Å². The van der Waals surface area contributed by atoms with Crippen LogP contribution in [-0.2, 0) is 6.42 Å². The molecule has 1 aromatic heterocycles. The normalized spacial score (nSPS) is 10.1. The van der Waals surface area contributed by atoms with Crippen LogP contribution < -0.4 is 11.1 Å². The van der Waals surface area contributed by atoms with Crippen LogP contribution in [0.1, 0.15) is 22.8 Å². The average molecular weight is 242 g/mol. The van der Waals surface area contributed by atoms with Crippen molar-refractivity contribution < 1.29 is 4.79 Å². The van der Waals surface area contributed by atoms with Crippen LogP contribution in [-0.4, -0.2) is 16.1 Å². The van der Waals surface area contributed by atoms with Crippen LogP contribution in [0.3, 0.4) is 0 Å². The van der Waals surface area contributed by atoms with Crippen molar-refractivity contribution >= 4 is 17.3 Å². The van der Waals surface area contributed by atoms with Gasteiger partial charge < -0.3 is 11.1 Å². The van der Waals surface area contributed by atoms with Crippen LogP contribution in [0.2, 0.25) is 0 Å². The third-order valence-electron chi connectivity index (χ3n) is 2.63. The Kier molecular flexibility index (Phi) is 3.52. The molecule has 92 valence electrons. The van der Waals surface area contributed by atoms with Crippen molar-refractivity contribution in [3.8, 4) is 0 Å². The number of nitrogens with zero attached hydrogens (tertiary/aromatic N) is 2. The maximum absolute atomic E-state index is 11.9. The Morgan fingerprint density at radius 1 is 1.33 bits per heavy atom. The molecule has 5 heteroatoms. The first-order chi connectivity index (χ1) is 8.70. The molecule has 1 amide bonds. The van der Waals surface area contributed by atoms with Crippen LogP contribution in [0.5, 0.6) is 0 Å². The van der Waals surface area contributed by atoms with Crippen LogP contribution in [0.25, 0.3) is 0 Å². The minimum Gasteiger partial charge on any atom is -0.398 e. The predicted octanol–water partition coefficient (Wildman–Crippen LogP) is 1.87. The van der Waals surface area contributed by atoms with E-state index in [9.17, 15) is 4.79 Å². The SMILES string of the molecule is CCc1ccc(NC(=O)c2ccnnc2)cc1N. The molecule has 0 aliphatic heterocycles. The van der Waals surface area contributed by atoms with E-state index >= 15 is 0 Å². The summed E-state index contributed by atoms with van der Waals surface area (Å²) in [6, 6.07) is 7.11. The number of carbonyl (C=O) groups is 1. The summed E-state index contributed by atoms with van der Waals surface area (Å²) in [5, 5.41) is 10.0. The number of amides is 1. The second-order valence-corrected chi connectivity index (χ2v) is 3.85. The number of nitrogens with one attached hydrogen (secondary N) is 1. The summed E-state index contributed by atoms with van der Waals surface area (Å²) in [5.74, 6) is -0.228. The van der Waals surface area contributed by atoms with Crippen molar-refractivity contribution in [1.82, 2.24) is 10.2 Å². The van der Waals surface area contributed by atoms with Crippen molar-refractivity contribution in [2.45, 2.75) is 13.3 Å². The summed E-state index contributed by atoms with van der Waals surface area (Å²) in [7, 11) is 0. The number of nitrogen functional groups attached to an aromatic ring is 1. The summed E-state index contributed by atoms with van der Waals surface area (Å²) in [6.07, 6.45) is 3.76. The fraction of sp³-hybridized carbons (Fsp3) is 0.154. The van der Waals surface area contributed by atoms with Gasteiger partial charge in [-0.25, -0.2) is 0 Å². The van der Waals surface area contributed by atoms with Crippen LogP contribution in [0.4, 0.5) is 11.4 Å². The van der Waals surface area contributed by atoms with Gasteiger partial charge in [-0.2, -0.15) is 10.2 Å². The molecule has 3 N–H and O–H groups in total. The molecule has 2 rings (SSSR count). The minimum absolute atomic E-state index is 0.228. The van der Waals surface area contributed by atoms with Crippen molar-refractivity contribution in [2.24, 2.45) is 0 Å². The highest BCUT2D eigenvalue weighted by Crippen LogP contribution is 2.18. The Labute approximate surface area is 105 Å². The molecule has 1 aromatic carbocycles. The lowest BCUT2D eigenvalue weighted by Gasteiger charge is -2.08. The molecule has 0 atom stereocenters. The van der Waals surface area contributed by atoms with Gasteiger partial charge in [0.05, 0.1) is 18.0 Å². The molecular formula is C13H14N4O. The maximum atomic E-state index is 11.9. The van der Waals surface area contributed by atoms with Crippen LogP contribution in [0, 0.1) is 0 Å². The fourth-order valence-corrected chi connectivity index (χ4v) is 1.62. The first kappa shape index (κ1) is 12.0. The Hall–Kier alpha value is -2.43. The fourth-order valence-electron chi connectivity index (χ4n) is 1.62. The van der Waals surface area contributed by atoms with Crippen molar-refractivity contribution in [3.05, 3.63) is 47.8 Å². The molecule has 0 saturated heterocycles. The number of benzene rings is 1. The van der Waals surface area contributed by atoms with E-state index in [0.717, 1.165) is 12.0 Å². The average Bonchev–Trinajstić information content (AvgIpc) is 2.40. The summed E-state index contributed by atoms with van der Waals surface area (Å²) >= 11 is 0. The summed E-state index contributed by atoms with van der Waals surface area (Å²) < 4.78 is 0. The highest BCUT2D eigenvalue weighted by Gasteiger charge is 2.07. The number of carbonyl (C=O) groups excluding carboxylic acids is 1. The molecule has 0 saturated carbocycles. The van der Waals surface area contributed by atoms with Gasteiger partial charge in [-0.15, -0.1) is 0 Å². The van der Waals surface area contributed by atoms with Gasteiger partial charge in [-0.3, -0.25) is 4.79 Å². The number of aryl methyl sites for hydroxylation is 1. The van der Waals surface area contributed by atoms with E-state index in [1.165, 1.54) is 12.4 Å². The number of rotatable bonds is 3. The molecule has 18 heavy (non-hydrogen) atoms. The molecule has 5 nitrogen and oxygen atoms in total. The van der Waals surface area contributed by atoms with E-state index < -0.39 is 0 Å². The lowest BCUT2D eigenvalue weighted by atomic mass is 10.1. The molecule has 1 heterocycles. The topological polar surface area (TPSA) is 80.9 Å². The largest absolute Gasteiger partial charge is 0.398 e. The highest BCUT2D eigenvalue weighted by molar-refractivity contribution is 6.04. The van der Waals surface area contributed by atoms with Crippen LogP contribution in [0.15, 0.2) is 36.7 Å². The number of hydrogen-bond donors (Lipinski definition) is 2. The number of hydrogen-bond acceptors (Lipinski definition) is 4. The predicted molar refractivity (Wildman–Crippen MR) is 70.2 cm³/mol. The Bertz CT molecular complexity index is 554. The van der Waals surface area contributed by atoms with E-state index in [1.807, 2.05) is 19.1 Å². The number of nitrogens with two attached hydrogens (primary N) is 1. The summed E-state index contributed by atoms with van der Waals surface area (Å²) in [5.41, 5.74) is 8.76. The van der Waals surface area contributed by atoms with Gasteiger partial charge in [0.15, 0.2) is 0 Å². The third kappa shape index (κ3) is 2.63. The summed E-state index contributed by atoms with van der Waals surface area (Å²) in [4.78, 5) is 11.9. The first-order valence-electron chi connectivity index (χ1n) is 5.67. The minimum atomic E-state index is -0.228. The van der Waals surface area contributed by atoms with E-state index in [0.29, 0.717) is 16.9 Å². The highest BCUT2D eigenvalue weighted by atomic mass is 16.1. The van der Waals surface area contributed by atoms with Crippen molar-refractivity contribution in [3.63, 3.8) is 0 Å². The van der Waals surface area contributed by atoms with E-state index in [4.69, 9.17) is 5.73 Å². The maximum Gasteiger partial charge on any atom is 0.257 e. The quantitative estimate of drug-likeness (QED) is 0.805. The zero-order valence-electron chi connectivity index (χ0n) is 10.1. The standard InChI is InChI=1S/C13H14N4O/c1-2-9-3-4-11(7-12(9)14)17-13(18)10-5-6-15-16-8-10/h3-8H,2,14H2,1H3,(H,17,18). The van der Waals surface area contributed by atoms with E-state index in [2.05, 4.69) is 15.5 Å². The molecule has 0 aliphatic rings. The molecule has 0 radical (unpaired) electrons. The zero-order chi connectivity index (χ0) is 13.0. The Balaban J connectivity index is 2.15. The van der Waals surface area contributed by atoms with Gasteiger partial charge in [0.1, 0.15) is 0 Å². The third-order valence-corrected chi connectivity index (χ3v) is 2.63. The van der Waals surface area contributed by atoms with E-state index in [-0.39, 0.29) is 5.91 Å². The smallest absolute Gasteiger partial charge is 0.257 e. The molecule has 0 bridgehead atoms. The molecule has 0 unspecified atom stereocenters. The van der Waals surface area contributed by atoms with Gasteiger partial charge in [-0.05, 0) is 30.2 Å². The second-order valence-electron chi connectivity index (χ2n) is 3.85. The Morgan fingerprint density at radius 2 is 2.17 bits per heavy atom. The van der Waals surface area contributed by atoms with Crippen molar-refractivity contribution in [2.75, 3.05) is 11.1 Å². The monoisotopic (exact) mass is 242 g/mol. The van der Waals surface area contributed by atoms with E-state index in [1.54, 1.807) is 12.1 Å². The molecule has 0 spiro atoms. The molecular weight excluding hydrogens is 228 g/mol. The first-order valence-corrected chi connectivity index (χ1v) is 5.67. The summed E-state index contributed by atoms with van der Waals surface area (Å²) in [6.45, 7) is 2.03. The van der Waals surface area contributed by atoms with Gasteiger partial charge in [-0.1, -0.05) is 13.0 Å². The molecule has 0 fully saturated rings.